The number of methoxy groups -OCH3 is 1. The first-order chi connectivity index (χ1) is 9.06. The summed E-state index contributed by atoms with van der Waals surface area (Å²) in [6.07, 6.45) is 0. The van der Waals surface area contributed by atoms with Crippen LogP contribution in [0, 0.1) is 6.92 Å². The number of carbonyl (C=O) groups is 2. The lowest BCUT2D eigenvalue weighted by Gasteiger charge is -2.09. The second-order valence-corrected chi connectivity index (χ2v) is 4.27. The largest absolute Gasteiger partial charge is 0.464 e. The van der Waals surface area contributed by atoms with Crippen molar-refractivity contribution in [2.75, 3.05) is 7.11 Å². The van der Waals surface area contributed by atoms with Crippen LogP contribution in [-0.4, -0.2) is 23.6 Å². The minimum Gasteiger partial charge on any atom is -0.464 e. The van der Waals surface area contributed by atoms with Gasteiger partial charge in [0.1, 0.15) is 5.69 Å². The lowest BCUT2D eigenvalue weighted by molar-refractivity contribution is 0.0582. The number of aryl methyl sites for hydroxylation is 1. The Morgan fingerprint density at radius 3 is 2.32 bits per heavy atom. The van der Waals surface area contributed by atoms with Crippen LogP contribution in [0.5, 0.6) is 0 Å². The molecule has 1 aromatic heterocycles. The first kappa shape index (κ1) is 13.1. The van der Waals surface area contributed by atoms with Gasteiger partial charge in [0, 0.05) is 6.92 Å². The third-order valence-electron chi connectivity index (χ3n) is 2.95. The molecule has 4 nitrogen and oxygen atoms in total. The third-order valence-corrected chi connectivity index (χ3v) is 2.95. The summed E-state index contributed by atoms with van der Waals surface area (Å²) in [5.74, 6) is -0.729. The van der Waals surface area contributed by atoms with Crippen molar-refractivity contribution in [3.63, 3.8) is 0 Å². The maximum Gasteiger partial charge on any atom is 0.355 e. The molecule has 2 aromatic rings. The molecule has 0 atom stereocenters. The molecule has 1 aromatic carbocycles. The molecule has 0 bridgehead atoms. The van der Waals surface area contributed by atoms with Crippen LogP contribution < -0.4 is 0 Å². The van der Waals surface area contributed by atoms with E-state index in [1.54, 1.807) is 6.07 Å². The van der Waals surface area contributed by atoms with Crippen molar-refractivity contribution in [1.82, 2.24) is 4.57 Å². The Morgan fingerprint density at radius 2 is 1.79 bits per heavy atom. The summed E-state index contributed by atoms with van der Waals surface area (Å²) in [4.78, 5) is 23.6. The van der Waals surface area contributed by atoms with Crippen molar-refractivity contribution in [2.24, 2.45) is 0 Å². The molecule has 0 amide bonds. The monoisotopic (exact) mass is 257 g/mol. The van der Waals surface area contributed by atoms with Crippen LogP contribution in [0.3, 0.4) is 0 Å². The molecule has 0 radical (unpaired) electrons. The van der Waals surface area contributed by atoms with E-state index >= 15 is 0 Å². The van der Waals surface area contributed by atoms with E-state index in [1.807, 2.05) is 37.3 Å². The number of benzene rings is 1. The van der Waals surface area contributed by atoms with Gasteiger partial charge >= 0.3 is 5.97 Å². The molecule has 0 fully saturated rings. The Bertz CT molecular complexity index is 626. The molecule has 0 aliphatic rings. The molecule has 0 unspecified atom stereocenters. The quantitative estimate of drug-likeness (QED) is 0.777. The summed E-state index contributed by atoms with van der Waals surface area (Å²) in [6.45, 7) is 3.30. The second kappa shape index (κ2) is 5.10. The average Bonchev–Trinajstić information content (AvgIpc) is 2.76. The molecule has 98 valence electrons. The summed E-state index contributed by atoms with van der Waals surface area (Å²) >= 11 is 0. The molecule has 4 heteroatoms. The summed E-state index contributed by atoms with van der Waals surface area (Å²) in [5, 5.41) is 0. The molecule has 0 spiro atoms. The lowest BCUT2D eigenvalue weighted by Crippen LogP contribution is -2.16. The highest BCUT2D eigenvalue weighted by Crippen LogP contribution is 2.27. The van der Waals surface area contributed by atoms with Gasteiger partial charge in [-0.15, -0.1) is 0 Å². The van der Waals surface area contributed by atoms with Crippen molar-refractivity contribution in [1.29, 1.82) is 0 Å². The minimum atomic E-state index is -0.513. The number of hydrogen-bond acceptors (Lipinski definition) is 3. The molecule has 0 aliphatic heterocycles. The molecule has 2 rings (SSSR count). The van der Waals surface area contributed by atoms with Gasteiger partial charge in [-0.05, 0) is 24.1 Å². The van der Waals surface area contributed by atoms with Crippen LogP contribution in [0.15, 0.2) is 36.4 Å². The lowest BCUT2D eigenvalue weighted by atomic mass is 10.1. The Hall–Kier alpha value is -2.36. The van der Waals surface area contributed by atoms with Crippen molar-refractivity contribution >= 4 is 11.9 Å². The third kappa shape index (κ3) is 2.29. The number of hydrogen-bond donors (Lipinski definition) is 0. The summed E-state index contributed by atoms with van der Waals surface area (Å²) < 4.78 is 6.12. The van der Waals surface area contributed by atoms with Gasteiger partial charge in [0.2, 0.25) is 5.91 Å². The Morgan fingerprint density at radius 1 is 1.16 bits per heavy atom. The average molecular weight is 257 g/mol. The van der Waals surface area contributed by atoms with Gasteiger partial charge in [-0.2, -0.15) is 0 Å². The first-order valence-electron chi connectivity index (χ1n) is 5.93. The van der Waals surface area contributed by atoms with Crippen LogP contribution in [-0.2, 0) is 4.74 Å². The standard InChI is InChI=1S/C15H15NO3/c1-10-9-13(15(18)19-3)16(11(2)17)14(10)12-7-5-4-6-8-12/h4-9H,1-3H3. The van der Waals surface area contributed by atoms with Crippen LogP contribution in [0.4, 0.5) is 0 Å². The maximum absolute atomic E-state index is 11.8. The molecule has 1 heterocycles. The van der Waals surface area contributed by atoms with Crippen LogP contribution >= 0.6 is 0 Å². The molecule has 0 N–H and O–H groups in total. The van der Waals surface area contributed by atoms with Crippen molar-refractivity contribution < 1.29 is 14.3 Å². The molecule has 0 aliphatic carbocycles. The molecule has 19 heavy (non-hydrogen) atoms. The zero-order valence-electron chi connectivity index (χ0n) is 11.1. The number of esters is 1. The maximum atomic E-state index is 11.8. The highest BCUT2D eigenvalue weighted by Gasteiger charge is 2.21. The normalized spacial score (nSPS) is 10.3. The zero-order chi connectivity index (χ0) is 14.0. The van der Waals surface area contributed by atoms with Gasteiger partial charge < -0.3 is 4.74 Å². The van der Waals surface area contributed by atoms with E-state index in [-0.39, 0.29) is 11.6 Å². The van der Waals surface area contributed by atoms with Crippen LogP contribution in [0.1, 0.15) is 27.8 Å². The van der Waals surface area contributed by atoms with Gasteiger partial charge in [0.15, 0.2) is 0 Å². The zero-order valence-corrected chi connectivity index (χ0v) is 11.1. The minimum absolute atomic E-state index is 0.215. The van der Waals surface area contributed by atoms with E-state index in [0.29, 0.717) is 0 Å². The Kier molecular flexibility index (Phi) is 3.51. The number of carbonyl (C=O) groups excluding carboxylic acids is 2. The molecule has 0 saturated carbocycles. The van der Waals surface area contributed by atoms with E-state index in [0.717, 1.165) is 16.8 Å². The van der Waals surface area contributed by atoms with Gasteiger partial charge in [-0.3, -0.25) is 9.36 Å². The van der Waals surface area contributed by atoms with E-state index in [9.17, 15) is 9.59 Å². The molecular formula is C15H15NO3. The summed E-state index contributed by atoms with van der Waals surface area (Å²) in [5.41, 5.74) is 2.74. The van der Waals surface area contributed by atoms with E-state index < -0.39 is 5.97 Å². The fraction of sp³-hybridized carbons (Fsp3) is 0.200. The fourth-order valence-electron chi connectivity index (χ4n) is 2.17. The predicted molar refractivity (Wildman–Crippen MR) is 72.2 cm³/mol. The van der Waals surface area contributed by atoms with Crippen molar-refractivity contribution in [3.05, 3.63) is 47.7 Å². The number of rotatable bonds is 2. The number of ether oxygens (including phenoxy) is 1. The van der Waals surface area contributed by atoms with E-state index in [1.165, 1.54) is 18.6 Å². The molecular weight excluding hydrogens is 242 g/mol. The van der Waals surface area contributed by atoms with Gasteiger partial charge in [-0.1, -0.05) is 30.3 Å². The summed E-state index contributed by atoms with van der Waals surface area (Å²) in [6, 6.07) is 11.2. The Labute approximate surface area is 111 Å². The predicted octanol–water partition coefficient (Wildman–Crippen LogP) is 2.91. The van der Waals surface area contributed by atoms with Crippen molar-refractivity contribution in [2.45, 2.75) is 13.8 Å². The van der Waals surface area contributed by atoms with Gasteiger partial charge in [0.05, 0.1) is 12.8 Å². The smallest absolute Gasteiger partial charge is 0.355 e. The van der Waals surface area contributed by atoms with Gasteiger partial charge in [0.25, 0.3) is 0 Å². The van der Waals surface area contributed by atoms with E-state index in [2.05, 4.69) is 0 Å². The van der Waals surface area contributed by atoms with Gasteiger partial charge in [-0.25, -0.2) is 4.79 Å². The highest BCUT2D eigenvalue weighted by molar-refractivity contribution is 5.97. The van der Waals surface area contributed by atoms with E-state index in [4.69, 9.17) is 4.74 Å². The fourth-order valence-corrected chi connectivity index (χ4v) is 2.17. The topological polar surface area (TPSA) is 48.3 Å². The summed E-state index contributed by atoms with van der Waals surface area (Å²) in [7, 11) is 1.30. The van der Waals surface area contributed by atoms with Crippen LogP contribution in [0.2, 0.25) is 0 Å². The van der Waals surface area contributed by atoms with Crippen LogP contribution in [0.25, 0.3) is 11.3 Å². The SMILES string of the molecule is COC(=O)c1cc(C)c(-c2ccccc2)n1C(C)=O. The highest BCUT2D eigenvalue weighted by atomic mass is 16.5. The Balaban J connectivity index is 2.71. The number of aromatic nitrogens is 1. The first-order valence-corrected chi connectivity index (χ1v) is 5.93. The van der Waals surface area contributed by atoms with Crippen molar-refractivity contribution in [3.8, 4) is 11.3 Å². The second-order valence-electron chi connectivity index (χ2n) is 4.27. The number of nitrogens with zero attached hydrogens (tertiary/aromatic N) is 1. The molecule has 0 saturated heterocycles.